The molecule has 0 nitrogen and oxygen atoms in total. The molecule has 0 aromatic heterocycles. The predicted molar refractivity (Wildman–Crippen MR) is 22.6 cm³/mol. The van der Waals surface area contributed by atoms with Crippen molar-refractivity contribution in [3.8, 4) is 0 Å². The fourth-order valence-electron chi connectivity index (χ4n) is 0. The SMILES string of the molecule is [CH]CC=S. The molecular formula is C3H4S. The quantitative estimate of drug-likeness (QED) is 0.418. The van der Waals surface area contributed by atoms with Crippen LogP contribution in [0.25, 0.3) is 0 Å². The smallest absolute Gasteiger partial charge is 0.0208 e. The number of thiocarbonyl (C=S) groups is 1. The maximum absolute atomic E-state index is 4.87. The van der Waals surface area contributed by atoms with Gasteiger partial charge in [-0.05, 0) is 18.7 Å². The van der Waals surface area contributed by atoms with E-state index in [1.807, 2.05) is 0 Å². The number of hydrogen-bond donors (Lipinski definition) is 0. The standard InChI is InChI=1S/C3H4S/c1-2-3-4/h1,3H,2H2. The van der Waals surface area contributed by atoms with Gasteiger partial charge in [0.25, 0.3) is 0 Å². The second kappa shape index (κ2) is 3.09. The summed E-state index contributed by atoms with van der Waals surface area (Å²) >= 11 is 4.30. The van der Waals surface area contributed by atoms with E-state index in [4.69, 9.17) is 6.92 Å². The first-order chi connectivity index (χ1) is 1.91. The lowest BCUT2D eigenvalue weighted by molar-refractivity contribution is 1.60. The molecule has 0 aromatic carbocycles. The Morgan fingerprint density at radius 2 is 2.25 bits per heavy atom. The van der Waals surface area contributed by atoms with E-state index in [2.05, 4.69) is 12.2 Å². The van der Waals surface area contributed by atoms with Gasteiger partial charge in [-0.25, -0.2) is 0 Å². The third kappa shape index (κ3) is 2.09. The van der Waals surface area contributed by atoms with Crippen molar-refractivity contribution in [1.29, 1.82) is 0 Å². The van der Waals surface area contributed by atoms with Crippen molar-refractivity contribution in [2.75, 3.05) is 0 Å². The molecule has 4 heavy (non-hydrogen) atoms. The van der Waals surface area contributed by atoms with E-state index in [-0.39, 0.29) is 0 Å². The summed E-state index contributed by atoms with van der Waals surface area (Å²) in [6.07, 6.45) is 0.509. The zero-order chi connectivity index (χ0) is 3.41. The maximum atomic E-state index is 4.87. The Morgan fingerprint density at radius 3 is 2.25 bits per heavy atom. The van der Waals surface area contributed by atoms with E-state index in [0.717, 1.165) is 0 Å². The highest BCUT2D eigenvalue weighted by atomic mass is 32.1. The summed E-state index contributed by atoms with van der Waals surface area (Å²) in [4.78, 5) is 0. The highest BCUT2D eigenvalue weighted by molar-refractivity contribution is 7.78. The Kier molecular flexibility index (Phi) is 3.16. The average Bonchev–Trinajstić information content (AvgIpc) is 1.37. The molecule has 0 aromatic rings. The van der Waals surface area contributed by atoms with Crippen molar-refractivity contribution in [3.63, 3.8) is 0 Å². The second-order valence-electron chi connectivity index (χ2n) is 0.402. The Bertz CT molecular complexity index is 17.2. The monoisotopic (exact) mass is 72.0 g/mol. The van der Waals surface area contributed by atoms with E-state index in [1.54, 1.807) is 0 Å². The molecule has 0 heterocycles. The molecular weight excluding hydrogens is 68.1 g/mol. The Balaban J connectivity index is 2.30. The molecule has 0 aliphatic carbocycles. The van der Waals surface area contributed by atoms with Gasteiger partial charge in [-0.3, -0.25) is 0 Å². The predicted octanol–water partition coefficient (Wildman–Crippen LogP) is 1.09. The van der Waals surface area contributed by atoms with Gasteiger partial charge in [0.05, 0.1) is 0 Å². The first kappa shape index (κ1) is 4.09. The molecule has 1 heteroatoms. The third-order valence-electron chi connectivity index (χ3n) is 0.0962. The van der Waals surface area contributed by atoms with Crippen LogP contribution in [-0.4, -0.2) is 5.37 Å². The van der Waals surface area contributed by atoms with Crippen LogP contribution >= 0.6 is 12.2 Å². The summed E-state index contributed by atoms with van der Waals surface area (Å²) in [7, 11) is 0. The largest absolute Gasteiger partial charge is 0.0935 e. The fourth-order valence-corrected chi connectivity index (χ4v) is 0. The molecule has 0 aliphatic rings. The molecule has 0 unspecified atom stereocenters. The van der Waals surface area contributed by atoms with Crippen LogP contribution in [0.4, 0.5) is 0 Å². The van der Waals surface area contributed by atoms with E-state index >= 15 is 0 Å². The zero-order valence-corrected chi connectivity index (χ0v) is 3.09. The van der Waals surface area contributed by atoms with Crippen LogP contribution in [0, 0.1) is 6.92 Å². The zero-order valence-electron chi connectivity index (χ0n) is 2.27. The molecule has 0 bridgehead atoms. The van der Waals surface area contributed by atoms with Crippen LogP contribution in [0.1, 0.15) is 6.42 Å². The molecule has 0 amide bonds. The van der Waals surface area contributed by atoms with Crippen molar-refractivity contribution in [2.45, 2.75) is 6.42 Å². The highest BCUT2D eigenvalue weighted by Gasteiger charge is 1.48. The van der Waals surface area contributed by atoms with Crippen molar-refractivity contribution in [3.05, 3.63) is 6.92 Å². The van der Waals surface area contributed by atoms with Gasteiger partial charge in [0.2, 0.25) is 0 Å². The fraction of sp³-hybridized carbons (Fsp3) is 0.333. The van der Waals surface area contributed by atoms with Gasteiger partial charge in [-0.2, -0.15) is 0 Å². The minimum atomic E-state index is 0.509. The normalized spacial score (nSPS) is 6.25. The first-order valence-electron chi connectivity index (χ1n) is 1.05. The van der Waals surface area contributed by atoms with Crippen LogP contribution < -0.4 is 0 Å². The lowest BCUT2D eigenvalue weighted by Crippen LogP contribution is -1.50. The molecule has 22 valence electrons. The second-order valence-corrected chi connectivity index (χ2v) is 0.736. The molecule has 0 N–H and O–H groups in total. The Labute approximate surface area is 31.8 Å². The van der Waals surface area contributed by atoms with Crippen LogP contribution in [0.3, 0.4) is 0 Å². The van der Waals surface area contributed by atoms with Gasteiger partial charge in [0.1, 0.15) is 0 Å². The third-order valence-corrected chi connectivity index (χ3v) is 0.289. The summed E-state index contributed by atoms with van der Waals surface area (Å²) in [5.41, 5.74) is 0. The van der Waals surface area contributed by atoms with Crippen LogP contribution in [0.15, 0.2) is 0 Å². The van der Waals surface area contributed by atoms with Gasteiger partial charge < -0.3 is 0 Å². The molecule has 0 atom stereocenters. The van der Waals surface area contributed by atoms with Gasteiger partial charge in [-0.15, -0.1) is 0 Å². The molecule has 0 aliphatic heterocycles. The molecule has 0 rings (SSSR count). The van der Waals surface area contributed by atoms with Gasteiger partial charge in [0.15, 0.2) is 0 Å². The average molecular weight is 72.1 g/mol. The Morgan fingerprint density at radius 1 is 2.00 bits per heavy atom. The van der Waals surface area contributed by atoms with Crippen molar-refractivity contribution < 1.29 is 0 Å². The van der Waals surface area contributed by atoms with Gasteiger partial charge in [-0.1, -0.05) is 12.2 Å². The minimum Gasteiger partial charge on any atom is -0.0935 e. The van der Waals surface area contributed by atoms with Crippen molar-refractivity contribution in [2.24, 2.45) is 0 Å². The summed E-state index contributed by atoms with van der Waals surface area (Å²) in [6.45, 7) is 4.87. The number of rotatable bonds is 1. The summed E-state index contributed by atoms with van der Waals surface area (Å²) < 4.78 is 0. The Hall–Kier alpha value is 0.0900. The topological polar surface area (TPSA) is 0 Å². The van der Waals surface area contributed by atoms with Gasteiger partial charge in [0, 0.05) is 0 Å². The van der Waals surface area contributed by atoms with E-state index in [1.165, 1.54) is 5.37 Å². The summed E-state index contributed by atoms with van der Waals surface area (Å²) in [5, 5.41) is 1.49. The molecule has 0 saturated carbocycles. The lowest BCUT2D eigenvalue weighted by atomic mass is 10.6. The van der Waals surface area contributed by atoms with Crippen molar-refractivity contribution in [1.82, 2.24) is 0 Å². The highest BCUT2D eigenvalue weighted by Crippen LogP contribution is 1.58. The van der Waals surface area contributed by atoms with Crippen LogP contribution in [0.2, 0.25) is 0 Å². The maximum Gasteiger partial charge on any atom is -0.0208 e. The van der Waals surface area contributed by atoms with E-state index < -0.39 is 0 Å². The van der Waals surface area contributed by atoms with Crippen molar-refractivity contribution >= 4 is 17.6 Å². The first-order valence-corrected chi connectivity index (χ1v) is 1.52. The van der Waals surface area contributed by atoms with E-state index in [0.29, 0.717) is 6.42 Å². The minimum absolute atomic E-state index is 0.509. The van der Waals surface area contributed by atoms with E-state index in [9.17, 15) is 0 Å². The molecule has 0 saturated heterocycles. The summed E-state index contributed by atoms with van der Waals surface area (Å²) in [6, 6.07) is 0. The lowest BCUT2D eigenvalue weighted by Gasteiger charge is -1.54. The molecule has 0 spiro atoms. The van der Waals surface area contributed by atoms with Crippen LogP contribution in [-0.2, 0) is 0 Å². The number of hydrogen-bond acceptors (Lipinski definition) is 1. The summed E-state index contributed by atoms with van der Waals surface area (Å²) in [5.74, 6) is 0. The van der Waals surface area contributed by atoms with Crippen LogP contribution in [0.5, 0.6) is 0 Å². The van der Waals surface area contributed by atoms with Gasteiger partial charge >= 0.3 is 0 Å². The molecule has 0 fully saturated rings. The molecule has 2 radical (unpaired) electrons.